The molecular formula is C11H8ClFN2O. The van der Waals surface area contributed by atoms with Gasteiger partial charge in [-0.05, 0) is 24.3 Å². The van der Waals surface area contributed by atoms with Gasteiger partial charge in [-0.1, -0.05) is 11.6 Å². The number of ether oxygens (including phenoxy) is 1. The van der Waals surface area contributed by atoms with E-state index in [0.29, 0.717) is 10.8 Å². The number of aromatic nitrogens is 1. The van der Waals surface area contributed by atoms with Gasteiger partial charge in [0.2, 0.25) is 5.88 Å². The van der Waals surface area contributed by atoms with Crippen molar-refractivity contribution in [2.24, 2.45) is 0 Å². The molecule has 2 aromatic rings. The minimum Gasteiger partial charge on any atom is -0.437 e. The molecule has 0 bridgehead atoms. The third-order valence-corrected chi connectivity index (χ3v) is 2.20. The Morgan fingerprint density at radius 3 is 2.81 bits per heavy atom. The number of nitrogen functional groups attached to an aromatic ring is 1. The van der Waals surface area contributed by atoms with Gasteiger partial charge in [-0.15, -0.1) is 0 Å². The maximum Gasteiger partial charge on any atom is 0.238 e. The molecule has 0 fully saturated rings. The van der Waals surface area contributed by atoms with Crippen LogP contribution in [-0.4, -0.2) is 4.98 Å². The maximum absolute atomic E-state index is 13.1. The summed E-state index contributed by atoms with van der Waals surface area (Å²) in [6, 6.07) is 7.46. The van der Waals surface area contributed by atoms with Gasteiger partial charge in [-0.2, -0.15) is 0 Å². The fourth-order valence-corrected chi connectivity index (χ4v) is 1.29. The Hall–Kier alpha value is -1.81. The van der Waals surface area contributed by atoms with Crippen molar-refractivity contribution in [3.8, 4) is 11.6 Å². The summed E-state index contributed by atoms with van der Waals surface area (Å²) in [4.78, 5) is 3.92. The molecule has 1 aromatic carbocycles. The average molecular weight is 239 g/mol. The second-order valence-corrected chi connectivity index (χ2v) is 3.48. The van der Waals surface area contributed by atoms with Gasteiger partial charge in [0, 0.05) is 12.3 Å². The lowest BCUT2D eigenvalue weighted by atomic mass is 10.3. The van der Waals surface area contributed by atoms with E-state index in [1.807, 2.05) is 0 Å². The molecular weight excluding hydrogens is 231 g/mol. The number of nitrogens with zero attached hydrogens (tertiary/aromatic N) is 1. The Morgan fingerprint density at radius 2 is 2.12 bits per heavy atom. The molecule has 0 aliphatic rings. The molecule has 0 amide bonds. The highest BCUT2D eigenvalue weighted by molar-refractivity contribution is 6.31. The van der Waals surface area contributed by atoms with Crippen molar-refractivity contribution >= 4 is 17.3 Å². The largest absolute Gasteiger partial charge is 0.437 e. The van der Waals surface area contributed by atoms with Crippen LogP contribution < -0.4 is 10.5 Å². The van der Waals surface area contributed by atoms with E-state index in [2.05, 4.69) is 4.98 Å². The number of anilines is 1. The quantitative estimate of drug-likeness (QED) is 0.817. The first kappa shape index (κ1) is 10.7. The highest BCUT2D eigenvalue weighted by atomic mass is 35.5. The number of rotatable bonds is 2. The van der Waals surface area contributed by atoms with Crippen LogP contribution >= 0.6 is 11.6 Å². The topological polar surface area (TPSA) is 48.1 Å². The lowest BCUT2D eigenvalue weighted by Crippen LogP contribution is -1.92. The lowest BCUT2D eigenvalue weighted by Gasteiger charge is -2.06. The predicted octanol–water partition coefficient (Wildman–Crippen LogP) is 3.25. The van der Waals surface area contributed by atoms with Crippen LogP contribution in [0.2, 0.25) is 5.02 Å². The standard InChI is InChI=1S/C11H8ClFN2O/c12-8-2-1-5-15-11(8)16-7-3-4-10(14)9(13)6-7/h1-6H,14H2. The normalized spacial score (nSPS) is 10.1. The van der Waals surface area contributed by atoms with Crippen LogP contribution in [0.5, 0.6) is 11.6 Å². The van der Waals surface area contributed by atoms with E-state index >= 15 is 0 Å². The predicted molar refractivity (Wildman–Crippen MR) is 60.1 cm³/mol. The Bertz CT molecular complexity index is 519. The second-order valence-electron chi connectivity index (χ2n) is 3.08. The Kier molecular flexibility index (Phi) is 2.92. The molecule has 1 aromatic heterocycles. The van der Waals surface area contributed by atoms with E-state index in [0.717, 1.165) is 0 Å². The smallest absolute Gasteiger partial charge is 0.238 e. The zero-order chi connectivity index (χ0) is 11.5. The van der Waals surface area contributed by atoms with Crippen molar-refractivity contribution < 1.29 is 9.13 Å². The minimum absolute atomic E-state index is 0.0690. The molecule has 16 heavy (non-hydrogen) atoms. The van der Waals surface area contributed by atoms with Crippen molar-refractivity contribution in [3.05, 3.63) is 47.4 Å². The summed E-state index contributed by atoms with van der Waals surface area (Å²) in [5, 5.41) is 0.361. The van der Waals surface area contributed by atoms with Crippen molar-refractivity contribution in [3.63, 3.8) is 0 Å². The number of benzene rings is 1. The first-order valence-corrected chi connectivity index (χ1v) is 4.88. The number of hydrogen-bond donors (Lipinski definition) is 1. The Morgan fingerprint density at radius 1 is 1.31 bits per heavy atom. The molecule has 0 atom stereocenters. The summed E-state index contributed by atoms with van der Waals surface area (Å²) in [6.45, 7) is 0. The first-order chi connectivity index (χ1) is 7.66. The summed E-state index contributed by atoms with van der Waals surface area (Å²) in [5.74, 6) is -0.00908. The Labute approximate surface area is 96.6 Å². The van der Waals surface area contributed by atoms with Crippen LogP contribution in [0.3, 0.4) is 0 Å². The molecule has 0 saturated heterocycles. The molecule has 0 aliphatic carbocycles. The molecule has 1 heterocycles. The van der Waals surface area contributed by atoms with Gasteiger partial charge < -0.3 is 10.5 Å². The van der Waals surface area contributed by atoms with Gasteiger partial charge in [0.15, 0.2) is 0 Å². The van der Waals surface area contributed by atoms with E-state index < -0.39 is 5.82 Å². The molecule has 2 rings (SSSR count). The lowest BCUT2D eigenvalue weighted by molar-refractivity contribution is 0.459. The van der Waals surface area contributed by atoms with Crippen LogP contribution in [0, 0.1) is 5.82 Å². The van der Waals surface area contributed by atoms with Gasteiger partial charge >= 0.3 is 0 Å². The molecule has 0 aliphatic heterocycles. The van der Waals surface area contributed by atoms with E-state index in [1.54, 1.807) is 18.2 Å². The fraction of sp³-hybridized carbons (Fsp3) is 0. The summed E-state index contributed by atoms with van der Waals surface area (Å²) in [7, 11) is 0. The van der Waals surface area contributed by atoms with Gasteiger partial charge in [0.1, 0.15) is 16.6 Å². The van der Waals surface area contributed by atoms with E-state index in [9.17, 15) is 4.39 Å². The SMILES string of the molecule is Nc1ccc(Oc2ncccc2Cl)cc1F. The van der Waals surface area contributed by atoms with Crippen LogP contribution in [-0.2, 0) is 0 Å². The van der Waals surface area contributed by atoms with Crippen molar-refractivity contribution in [1.29, 1.82) is 0 Å². The van der Waals surface area contributed by atoms with E-state index in [1.165, 1.54) is 18.3 Å². The van der Waals surface area contributed by atoms with Crippen LogP contribution in [0.15, 0.2) is 36.5 Å². The molecule has 82 valence electrons. The number of nitrogens with two attached hydrogens (primary N) is 1. The molecule has 5 heteroatoms. The summed E-state index contributed by atoms with van der Waals surface area (Å²) < 4.78 is 18.4. The monoisotopic (exact) mass is 238 g/mol. The molecule has 2 N–H and O–H groups in total. The van der Waals surface area contributed by atoms with Gasteiger partial charge in [0.25, 0.3) is 0 Å². The van der Waals surface area contributed by atoms with Gasteiger partial charge in [-0.25, -0.2) is 9.37 Å². The summed E-state index contributed by atoms with van der Waals surface area (Å²) in [5.41, 5.74) is 5.41. The number of pyridine rings is 1. The van der Waals surface area contributed by atoms with Crippen molar-refractivity contribution in [1.82, 2.24) is 4.98 Å². The minimum atomic E-state index is -0.537. The van der Waals surface area contributed by atoms with Crippen molar-refractivity contribution in [2.75, 3.05) is 5.73 Å². The fourth-order valence-electron chi connectivity index (χ4n) is 1.13. The van der Waals surface area contributed by atoms with Gasteiger partial charge in [-0.3, -0.25) is 0 Å². The second kappa shape index (κ2) is 4.37. The number of halogens is 2. The Balaban J connectivity index is 2.28. The van der Waals surface area contributed by atoms with Crippen LogP contribution in [0.25, 0.3) is 0 Å². The highest BCUT2D eigenvalue weighted by Gasteiger charge is 2.05. The third kappa shape index (κ3) is 2.23. The molecule has 0 saturated carbocycles. The number of hydrogen-bond acceptors (Lipinski definition) is 3. The van der Waals surface area contributed by atoms with Crippen LogP contribution in [0.1, 0.15) is 0 Å². The summed E-state index contributed by atoms with van der Waals surface area (Å²) >= 11 is 5.84. The molecule has 3 nitrogen and oxygen atoms in total. The summed E-state index contributed by atoms with van der Waals surface area (Å²) in [6.07, 6.45) is 1.54. The molecule has 0 spiro atoms. The van der Waals surface area contributed by atoms with E-state index in [-0.39, 0.29) is 11.6 Å². The zero-order valence-corrected chi connectivity index (χ0v) is 8.91. The zero-order valence-electron chi connectivity index (χ0n) is 8.15. The maximum atomic E-state index is 13.1. The third-order valence-electron chi connectivity index (χ3n) is 1.91. The molecule has 0 unspecified atom stereocenters. The van der Waals surface area contributed by atoms with Crippen molar-refractivity contribution in [2.45, 2.75) is 0 Å². The van der Waals surface area contributed by atoms with E-state index in [4.69, 9.17) is 22.1 Å². The molecule has 0 radical (unpaired) electrons. The van der Waals surface area contributed by atoms with Crippen LogP contribution in [0.4, 0.5) is 10.1 Å². The van der Waals surface area contributed by atoms with Gasteiger partial charge in [0.05, 0.1) is 5.69 Å². The first-order valence-electron chi connectivity index (χ1n) is 4.50. The average Bonchev–Trinajstić information content (AvgIpc) is 2.27. The highest BCUT2D eigenvalue weighted by Crippen LogP contribution is 2.27.